The molecule has 2 N–H and O–H groups in total. The van der Waals surface area contributed by atoms with Crippen LogP contribution < -0.4 is 10.6 Å². The van der Waals surface area contributed by atoms with Crippen molar-refractivity contribution >= 4 is 11.9 Å². The lowest BCUT2D eigenvalue weighted by molar-refractivity contribution is 0.526. The summed E-state index contributed by atoms with van der Waals surface area (Å²) in [6.07, 6.45) is 7.42. The molecule has 2 heterocycles. The molecule has 21 heavy (non-hydrogen) atoms. The lowest BCUT2D eigenvalue weighted by atomic mass is 10.0. The van der Waals surface area contributed by atoms with Gasteiger partial charge in [-0.2, -0.15) is 15.0 Å². The lowest BCUT2D eigenvalue weighted by Gasteiger charge is -2.16. The second-order valence-electron chi connectivity index (χ2n) is 5.52. The van der Waals surface area contributed by atoms with E-state index in [1.54, 1.807) is 30.3 Å². The first kappa shape index (κ1) is 15.2. The van der Waals surface area contributed by atoms with Crippen molar-refractivity contribution in [2.75, 3.05) is 17.7 Å². The molecule has 2 aromatic rings. The van der Waals surface area contributed by atoms with Gasteiger partial charge in [0.1, 0.15) is 6.33 Å². The van der Waals surface area contributed by atoms with Gasteiger partial charge in [-0.05, 0) is 25.7 Å². The van der Waals surface area contributed by atoms with Gasteiger partial charge in [0.15, 0.2) is 0 Å². The second-order valence-corrected chi connectivity index (χ2v) is 5.52. The standard InChI is InChI=1S/C14H23N7/c1-10(2)5-6-11(3)17-13-18-12(15-4)19-14(20-13)21-8-7-16-9-21/h7-11H,5-6H2,1-4H3,(H2,15,17,18,19,20). The van der Waals surface area contributed by atoms with E-state index >= 15 is 0 Å². The first-order chi connectivity index (χ1) is 10.1. The van der Waals surface area contributed by atoms with E-state index in [1.165, 1.54) is 6.42 Å². The second kappa shape index (κ2) is 7.01. The van der Waals surface area contributed by atoms with Gasteiger partial charge in [0, 0.05) is 25.5 Å². The Labute approximate surface area is 125 Å². The molecule has 2 rings (SSSR count). The van der Waals surface area contributed by atoms with Crippen molar-refractivity contribution in [1.82, 2.24) is 24.5 Å². The van der Waals surface area contributed by atoms with Crippen molar-refractivity contribution < 1.29 is 0 Å². The van der Waals surface area contributed by atoms with Crippen molar-refractivity contribution in [3.05, 3.63) is 18.7 Å². The van der Waals surface area contributed by atoms with Gasteiger partial charge < -0.3 is 10.6 Å². The minimum absolute atomic E-state index is 0.315. The minimum atomic E-state index is 0.315. The Morgan fingerprint density at radius 1 is 1.10 bits per heavy atom. The van der Waals surface area contributed by atoms with Gasteiger partial charge in [0.25, 0.3) is 0 Å². The maximum Gasteiger partial charge on any atom is 0.241 e. The number of aromatic nitrogens is 5. The number of hydrogen-bond acceptors (Lipinski definition) is 6. The molecule has 0 saturated heterocycles. The molecule has 0 radical (unpaired) electrons. The highest BCUT2D eigenvalue weighted by molar-refractivity contribution is 5.38. The van der Waals surface area contributed by atoms with Gasteiger partial charge in [-0.15, -0.1) is 0 Å². The van der Waals surface area contributed by atoms with Gasteiger partial charge in [0.05, 0.1) is 0 Å². The van der Waals surface area contributed by atoms with Gasteiger partial charge in [-0.25, -0.2) is 4.98 Å². The molecule has 1 atom stereocenters. The highest BCUT2D eigenvalue weighted by Gasteiger charge is 2.10. The van der Waals surface area contributed by atoms with Crippen LogP contribution in [-0.4, -0.2) is 37.6 Å². The fraction of sp³-hybridized carbons (Fsp3) is 0.571. The molecule has 0 spiro atoms. The molecule has 0 aliphatic carbocycles. The average Bonchev–Trinajstić information content (AvgIpc) is 2.99. The van der Waals surface area contributed by atoms with Crippen LogP contribution in [0, 0.1) is 5.92 Å². The van der Waals surface area contributed by atoms with Gasteiger partial charge in [0.2, 0.25) is 17.8 Å². The summed E-state index contributed by atoms with van der Waals surface area (Å²) in [6, 6.07) is 0.315. The molecule has 0 saturated carbocycles. The van der Waals surface area contributed by atoms with E-state index in [9.17, 15) is 0 Å². The third-order valence-electron chi connectivity index (χ3n) is 3.14. The molecule has 1 unspecified atom stereocenters. The molecule has 0 amide bonds. The van der Waals surface area contributed by atoms with Crippen LogP contribution in [0.4, 0.5) is 11.9 Å². The Bertz CT molecular complexity index is 550. The van der Waals surface area contributed by atoms with Gasteiger partial charge >= 0.3 is 0 Å². The fourth-order valence-electron chi connectivity index (χ4n) is 1.91. The SMILES string of the molecule is CNc1nc(NC(C)CCC(C)C)nc(-n2ccnc2)n1. The molecular formula is C14H23N7. The highest BCUT2D eigenvalue weighted by atomic mass is 15.3. The number of hydrogen-bond donors (Lipinski definition) is 2. The van der Waals surface area contributed by atoms with E-state index in [2.05, 4.69) is 51.3 Å². The smallest absolute Gasteiger partial charge is 0.241 e. The molecule has 0 bridgehead atoms. The van der Waals surface area contributed by atoms with E-state index in [1.807, 2.05) is 0 Å². The molecular weight excluding hydrogens is 266 g/mol. The Balaban J connectivity index is 2.13. The van der Waals surface area contributed by atoms with Crippen LogP contribution in [-0.2, 0) is 0 Å². The normalized spacial score (nSPS) is 12.4. The zero-order chi connectivity index (χ0) is 15.2. The van der Waals surface area contributed by atoms with Crippen molar-refractivity contribution in [2.45, 2.75) is 39.7 Å². The third-order valence-corrected chi connectivity index (χ3v) is 3.14. The number of nitrogens with zero attached hydrogens (tertiary/aromatic N) is 5. The Kier molecular flexibility index (Phi) is 5.08. The summed E-state index contributed by atoms with van der Waals surface area (Å²) in [5.74, 6) is 2.36. The van der Waals surface area contributed by atoms with Crippen molar-refractivity contribution in [3.8, 4) is 5.95 Å². The summed E-state index contributed by atoms with van der Waals surface area (Å²) in [5, 5.41) is 6.30. The molecule has 7 nitrogen and oxygen atoms in total. The van der Waals surface area contributed by atoms with Crippen molar-refractivity contribution in [3.63, 3.8) is 0 Å². The molecule has 0 fully saturated rings. The van der Waals surface area contributed by atoms with E-state index in [-0.39, 0.29) is 0 Å². The average molecular weight is 289 g/mol. The predicted molar refractivity (Wildman–Crippen MR) is 83.7 cm³/mol. The summed E-state index contributed by atoms with van der Waals surface area (Å²) in [4.78, 5) is 17.1. The number of nitrogens with one attached hydrogen (secondary N) is 2. The van der Waals surface area contributed by atoms with Crippen LogP contribution >= 0.6 is 0 Å². The zero-order valence-electron chi connectivity index (χ0n) is 13.0. The minimum Gasteiger partial charge on any atom is -0.357 e. The van der Waals surface area contributed by atoms with Gasteiger partial charge in [-0.3, -0.25) is 4.57 Å². The first-order valence-corrected chi connectivity index (χ1v) is 7.27. The topological polar surface area (TPSA) is 80.5 Å². The van der Waals surface area contributed by atoms with E-state index in [4.69, 9.17) is 0 Å². The van der Waals surface area contributed by atoms with Gasteiger partial charge in [-0.1, -0.05) is 13.8 Å². The van der Waals surface area contributed by atoms with Crippen molar-refractivity contribution in [2.24, 2.45) is 5.92 Å². The number of imidazole rings is 1. The van der Waals surface area contributed by atoms with Crippen LogP contribution in [0.15, 0.2) is 18.7 Å². The Hall–Kier alpha value is -2.18. The molecule has 0 aliphatic rings. The summed E-state index contributed by atoms with van der Waals surface area (Å²) in [6.45, 7) is 6.60. The highest BCUT2D eigenvalue weighted by Crippen LogP contribution is 2.13. The molecule has 2 aromatic heterocycles. The van der Waals surface area contributed by atoms with Crippen LogP contribution in [0.2, 0.25) is 0 Å². The molecule has 114 valence electrons. The Morgan fingerprint density at radius 2 is 1.86 bits per heavy atom. The van der Waals surface area contributed by atoms with Crippen LogP contribution in [0.3, 0.4) is 0 Å². The first-order valence-electron chi connectivity index (χ1n) is 7.27. The van der Waals surface area contributed by atoms with E-state index in [0.29, 0.717) is 29.8 Å². The summed E-state index contributed by atoms with van der Waals surface area (Å²) < 4.78 is 1.76. The Morgan fingerprint density at radius 3 is 2.48 bits per heavy atom. The summed E-state index contributed by atoms with van der Waals surface area (Å²) in [5.41, 5.74) is 0. The summed E-state index contributed by atoms with van der Waals surface area (Å²) in [7, 11) is 1.79. The maximum atomic E-state index is 4.44. The molecule has 7 heteroatoms. The monoisotopic (exact) mass is 289 g/mol. The molecule has 0 aliphatic heterocycles. The third kappa shape index (κ3) is 4.40. The predicted octanol–water partition coefficient (Wildman–Crippen LogP) is 2.34. The van der Waals surface area contributed by atoms with Crippen LogP contribution in [0.5, 0.6) is 0 Å². The zero-order valence-corrected chi connectivity index (χ0v) is 13.0. The van der Waals surface area contributed by atoms with E-state index in [0.717, 1.165) is 6.42 Å². The lowest BCUT2D eigenvalue weighted by Crippen LogP contribution is -2.19. The maximum absolute atomic E-state index is 4.44. The summed E-state index contributed by atoms with van der Waals surface area (Å²) >= 11 is 0. The number of rotatable bonds is 7. The fourth-order valence-corrected chi connectivity index (χ4v) is 1.91. The number of anilines is 2. The van der Waals surface area contributed by atoms with Crippen LogP contribution in [0.1, 0.15) is 33.6 Å². The van der Waals surface area contributed by atoms with E-state index < -0.39 is 0 Å². The van der Waals surface area contributed by atoms with Crippen molar-refractivity contribution in [1.29, 1.82) is 0 Å². The quantitative estimate of drug-likeness (QED) is 0.814. The molecule has 0 aromatic carbocycles. The largest absolute Gasteiger partial charge is 0.357 e. The van der Waals surface area contributed by atoms with Crippen LogP contribution in [0.25, 0.3) is 5.95 Å².